The van der Waals surface area contributed by atoms with E-state index in [9.17, 15) is 0 Å². The van der Waals surface area contributed by atoms with Crippen LogP contribution >= 0.6 is 0 Å². The SMILES string of the molecule is CCCCCCONC(C)(C)C1CCN(Cc2c(OC)cccc2OC)CC1. The molecule has 0 aliphatic carbocycles. The smallest absolute Gasteiger partial charge is 0.127 e. The van der Waals surface area contributed by atoms with Crippen LogP contribution in [0.2, 0.25) is 0 Å². The molecular weight excluding hydrogens is 352 g/mol. The second-order valence-corrected chi connectivity index (χ2v) is 8.42. The number of nitrogens with zero attached hydrogens (tertiary/aromatic N) is 1. The molecule has 1 aromatic carbocycles. The molecule has 0 saturated carbocycles. The van der Waals surface area contributed by atoms with Gasteiger partial charge in [0.15, 0.2) is 0 Å². The molecule has 2 rings (SSSR count). The van der Waals surface area contributed by atoms with Crippen LogP contribution in [0.15, 0.2) is 18.2 Å². The molecule has 1 aliphatic heterocycles. The predicted molar refractivity (Wildman–Crippen MR) is 115 cm³/mol. The molecule has 1 fully saturated rings. The van der Waals surface area contributed by atoms with E-state index in [1.165, 1.54) is 19.3 Å². The zero-order valence-electron chi connectivity index (χ0n) is 18.6. The predicted octanol–water partition coefficient (Wildman–Crippen LogP) is 4.80. The van der Waals surface area contributed by atoms with Gasteiger partial charge in [0.25, 0.3) is 0 Å². The lowest BCUT2D eigenvalue weighted by Crippen LogP contribution is -2.50. The highest BCUT2D eigenvalue weighted by atomic mass is 16.6. The second-order valence-electron chi connectivity index (χ2n) is 8.42. The molecule has 0 aromatic heterocycles. The Labute approximate surface area is 171 Å². The van der Waals surface area contributed by atoms with Crippen molar-refractivity contribution < 1.29 is 14.3 Å². The fourth-order valence-electron chi connectivity index (χ4n) is 4.04. The van der Waals surface area contributed by atoms with Crippen LogP contribution in [0.4, 0.5) is 0 Å². The fraction of sp³-hybridized carbons (Fsp3) is 0.739. The topological polar surface area (TPSA) is 43.0 Å². The molecule has 160 valence electrons. The van der Waals surface area contributed by atoms with Crippen LogP contribution in [0.1, 0.15) is 64.9 Å². The van der Waals surface area contributed by atoms with E-state index in [2.05, 4.69) is 31.2 Å². The number of methoxy groups -OCH3 is 2. The molecule has 0 amide bonds. The monoisotopic (exact) mass is 392 g/mol. The highest BCUT2D eigenvalue weighted by molar-refractivity contribution is 5.44. The number of ether oxygens (including phenoxy) is 2. The minimum atomic E-state index is -0.00102. The van der Waals surface area contributed by atoms with Crippen LogP contribution in [0.25, 0.3) is 0 Å². The van der Waals surface area contributed by atoms with E-state index in [0.717, 1.165) is 62.6 Å². The Morgan fingerprint density at radius 1 is 1.04 bits per heavy atom. The van der Waals surface area contributed by atoms with E-state index in [-0.39, 0.29) is 5.54 Å². The average Bonchev–Trinajstić information content (AvgIpc) is 2.71. The Balaban J connectivity index is 1.81. The average molecular weight is 393 g/mol. The van der Waals surface area contributed by atoms with Crippen molar-refractivity contribution in [1.82, 2.24) is 10.4 Å². The zero-order chi connectivity index (χ0) is 20.4. The standard InChI is InChI=1S/C23H40N2O3/c1-6-7-8-9-17-28-24-23(2,3)19-13-15-25(16-14-19)18-20-21(26-4)11-10-12-22(20)27-5/h10-12,19,24H,6-9,13-18H2,1-5H3. The van der Waals surface area contributed by atoms with Crippen molar-refractivity contribution in [2.45, 2.75) is 71.4 Å². The van der Waals surface area contributed by atoms with Gasteiger partial charge in [0.05, 0.1) is 26.4 Å². The Morgan fingerprint density at radius 2 is 1.68 bits per heavy atom. The third kappa shape index (κ3) is 6.64. The molecule has 1 aromatic rings. The van der Waals surface area contributed by atoms with Crippen LogP contribution in [-0.2, 0) is 11.4 Å². The third-order valence-electron chi connectivity index (χ3n) is 5.95. The van der Waals surface area contributed by atoms with Crippen molar-refractivity contribution in [3.8, 4) is 11.5 Å². The van der Waals surface area contributed by atoms with Gasteiger partial charge in [0.2, 0.25) is 0 Å². The molecule has 1 heterocycles. The maximum Gasteiger partial charge on any atom is 0.127 e. The van der Waals surface area contributed by atoms with Gasteiger partial charge in [0, 0.05) is 12.1 Å². The van der Waals surface area contributed by atoms with Crippen molar-refractivity contribution in [1.29, 1.82) is 0 Å². The van der Waals surface area contributed by atoms with E-state index in [0.29, 0.717) is 5.92 Å². The van der Waals surface area contributed by atoms with Crippen molar-refractivity contribution >= 4 is 0 Å². The summed E-state index contributed by atoms with van der Waals surface area (Å²) in [6, 6.07) is 5.99. The summed E-state index contributed by atoms with van der Waals surface area (Å²) in [5.41, 5.74) is 4.48. The number of likely N-dealkylation sites (tertiary alicyclic amines) is 1. The maximum absolute atomic E-state index is 5.78. The first kappa shape index (κ1) is 23.0. The summed E-state index contributed by atoms with van der Waals surface area (Å²) < 4.78 is 11.1. The Morgan fingerprint density at radius 3 is 2.25 bits per heavy atom. The maximum atomic E-state index is 5.78. The molecule has 5 heteroatoms. The number of hydrogen-bond acceptors (Lipinski definition) is 5. The van der Waals surface area contributed by atoms with Crippen molar-refractivity contribution in [2.24, 2.45) is 5.92 Å². The molecule has 0 atom stereocenters. The summed E-state index contributed by atoms with van der Waals surface area (Å²) in [6.45, 7) is 10.6. The molecule has 0 spiro atoms. The first-order valence-electron chi connectivity index (χ1n) is 10.8. The van der Waals surface area contributed by atoms with Gasteiger partial charge < -0.3 is 14.3 Å². The van der Waals surface area contributed by atoms with Crippen molar-refractivity contribution in [2.75, 3.05) is 33.9 Å². The van der Waals surface area contributed by atoms with E-state index < -0.39 is 0 Å². The molecule has 1 N–H and O–H groups in total. The van der Waals surface area contributed by atoms with E-state index in [1.54, 1.807) is 14.2 Å². The molecule has 0 bridgehead atoms. The van der Waals surface area contributed by atoms with Gasteiger partial charge in [-0.3, -0.25) is 4.90 Å². The van der Waals surface area contributed by atoms with E-state index in [4.69, 9.17) is 14.3 Å². The van der Waals surface area contributed by atoms with Crippen LogP contribution in [0, 0.1) is 5.92 Å². The second kappa shape index (κ2) is 11.6. The number of piperidine rings is 1. The molecule has 0 unspecified atom stereocenters. The highest BCUT2D eigenvalue weighted by Gasteiger charge is 2.33. The Kier molecular flexibility index (Phi) is 9.56. The van der Waals surface area contributed by atoms with Gasteiger partial charge in [-0.2, -0.15) is 5.48 Å². The largest absolute Gasteiger partial charge is 0.496 e. The van der Waals surface area contributed by atoms with Gasteiger partial charge in [-0.25, -0.2) is 0 Å². The van der Waals surface area contributed by atoms with E-state index >= 15 is 0 Å². The molecule has 1 aliphatic rings. The number of unbranched alkanes of at least 4 members (excludes halogenated alkanes) is 3. The lowest BCUT2D eigenvalue weighted by Gasteiger charge is -2.41. The van der Waals surface area contributed by atoms with Gasteiger partial charge in [-0.15, -0.1) is 0 Å². The fourth-order valence-corrected chi connectivity index (χ4v) is 4.04. The van der Waals surface area contributed by atoms with Gasteiger partial charge in [0.1, 0.15) is 11.5 Å². The molecule has 1 saturated heterocycles. The van der Waals surface area contributed by atoms with E-state index in [1.807, 2.05) is 18.2 Å². The summed E-state index contributed by atoms with van der Waals surface area (Å²) in [5, 5.41) is 0. The lowest BCUT2D eigenvalue weighted by atomic mass is 9.81. The van der Waals surface area contributed by atoms with Gasteiger partial charge in [-0.05, 0) is 64.3 Å². The number of rotatable bonds is 12. The lowest BCUT2D eigenvalue weighted by molar-refractivity contribution is -0.0445. The first-order valence-corrected chi connectivity index (χ1v) is 10.8. The number of benzene rings is 1. The molecule has 5 nitrogen and oxygen atoms in total. The summed E-state index contributed by atoms with van der Waals surface area (Å²) in [6.07, 6.45) is 7.27. The summed E-state index contributed by atoms with van der Waals surface area (Å²) >= 11 is 0. The zero-order valence-corrected chi connectivity index (χ0v) is 18.6. The molecule has 0 radical (unpaired) electrons. The summed E-state index contributed by atoms with van der Waals surface area (Å²) in [7, 11) is 3.45. The Bertz CT molecular complexity index is 547. The van der Waals surface area contributed by atoms with Crippen LogP contribution < -0.4 is 15.0 Å². The first-order chi connectivity index (χ1) is 13.5. The number of nitrogens with one attached hydrogen (secondary N) is 1. The number of hydroxylamine groups is 1. The van der Waals surface area contributed by atoms with Crippen molar-refractivity contribution in [3.63, 3.8) is 0 Å². The quantitative estimate of drug-likeness (QED) is 0.409. The highest BCUT2D eigenvalue weighted by Crippen LogP contribution is 2.33. The normalized spacial score (nSPS) is 16.3. The molecule has 28 heavy (non-hydrogen) atoms. The minimum Gasteiger partial charge on any atom is -0.496 e. The number of hydrogen-bond donors (Lipinski definition) is 1. The van der Waals surface area contributed by atoms with Gasteiger partial charge in [-0.1, -0.05) is 32.3 Å². The third-order valence-corrected chi connectivity index (χ3v) is 5.95. The van der Waals surface area contributed by atoms with Crippen molar-refractivity contribution in [3.05, 3.63) is 23.8 Å². The van der Waals surface area contributed by atoms with Crippen LogP contribution in [-0.4, -0.2) is 44.4 Å². The Hall–Kier alpha value is -1.30. The van der Waals surface area contributed by atoms with Crippen LogP contribution in [0.5, 0.6) is 11.5 Å². The summed E-state index contributed by atoms with van der Waals surface area (Å²) in [4.78, 5) is 8.28. The van der Waals surface area contributed by atoms with Gasteiger partial charge >= 0.3 is 0 Å². The minimum absolute atomic E-state index is 0.00102. The van der Waals surface area contributed by atoms with Crippen LogP contribution in [0.3, 0.4) is 0 Å². The molecular formula is C23H40N2O3. The summed E-state index contributed by atoms with van der Waals surface area (Å²) in [5.74, 6) is 2.42.